The van der Waals surface area contributed by atoms with Crippen molar-refractivity contribution in [3.05, 3.63) is 63.6 Å². The average Bonchev–Trinajstić information content (AvgIpc) is 3.04. The van der Waals surface area contributed by atoms with Gasteiger partial charge in [-0.2, -0.15) is 0 Å². The van der Waals surface area contributed by atoms with E-state index in [1.54, 1.807) is 47.4 Å². The number of benzene rings is 2. The largest absolute Gasteiger partial charge is 0.311 e. The molecule has 8 heteroatoms. The molecule has 2 aromatic carbocycles. The van der Waals surface area contributed by atoms with Crippen molar-refractivity contribution in [2.75, 3.05) is 11.4 Å². The van der Waals surface area contributed by atoms with E-state index in [9.17, 15) is 14.4 Å². The predicted octanol–water partition coefficient (Wildman–Crippen LogP) is 3.12. The Morgan fingerprint density at radius 1 is 1.07 bits per heavy atom. The number of carbonyl (C=O) groups excluding carboxylic acids is 3. The van der Waals surface area contributed by atoms with Crippen molar-refractivity contribution in [1.82, 2.24) is 10.9 Å². The van der Waals surface area contributed by atoms with E-state index in [1.807, 2.05) is 6.92 Å². The lowest BCUT2D eigenvalue weighted by Crippen LogP contribution is -2.45. The smallest absolute Gasteiger partial charge is 0.269 e. The Kier molecular flexibility index (Phi) is 5.68. The van der Waals surface area contributed by atoms with Crippen LogP contribution in [0.4, 0.5) is 5.69 Å². The van der Waals surface area contributed by atoms with Crippen molar-refractivity contribution in [2.24, 2.45) is 5.92 Å². The molecule has 1 aliphatic heterocycles. The Bertz CT molecular complexity index is 900. The second-order valence-electron chi connectivity index (χ2n) is 6.24. The zero-order chi connectivity index (χ0) is 19.6. The SMILES string of the molecule is Cc1c(Cl)cccc1N1C[C@@H](C(=O)NNC(=O)c2ccc(Cl)cc2)CC1=O. The minimum Gasteiger partial charge on any atom is -0.311 e. The van der Waals surface area contributed by atoms with Gasteiger partial charge in [0.05, 0.1) is 5.92 Å². The topological polar surface area (TPSA) is 78.5 Å². The number of hydrazine groups is 1. The minimum absolute atomic E-state index is 0.0641. The minimum atomic E-state index is -0.568. The van der Waals surface area contributed by atoms with Gasteiger partial charge in [0.2, 0.25) is 11.8 Å². The van der Waals surface area contributed by atoms with E-state index in [4.69, 9.17) is 23.2 Å². The lowest BCUT2D eigenvalue weighted by Gasteiger charge is -2.19. The highest BCUT2D eigenvalue weighted by Crippen LogP contribution is 2.31. The van der Waals surface area contributed by atoms with Gasteiger partial charge in [-0.05, 0) is 48.9 Å². The van der Waals surface area contributed by atoms with Gasteiger partial charge in [0.25, 0.3) is 5.91 Å². The van der Waals surface area contributed by atoms with E-state index in [0.29, 0.717) is 21.3 Å². The lowest BCUT2D eigenvalue weighted by molar-refractivity contribution is -0.126. The van der Waals surface area contributed by atoms with Crippen molar-refractivity contribution in [3.8, 4) is 0 Å². The Morgan fingerprint density at radius 3 is 2.48 bits per heavy atom. The summed E-state index contributed by atoms with van der Waals surface area (Å²) in [6.07, 6.45) is 0.0641. The molecule has 1 heterocycles. The van der Waals surface area contributed by atoms with Gasteiger partial charge < -0.3 is 4.90 Å². The maximum atomic E-state index is 12.4. The fourth-order valence-corrected chi connectivity index (χ4v) is 3.19. The van der Waals surface area contributed by atoms with Crippen molar-refractivity contribution in [2.45, 2.75) is 13.3 Å². The number of amides is 3. The molecule has 140 valence electrons. The second-order valence-corrected chi connectivity index (χ2v) is 7.08. The first-order valence-electron chi connectivity index (χ1n) is 8.28. The van der Waals surface area contributed by atoms with Gasteiger partial charge in [-0.3, -0.25) is 25.2 Å². The molecule has 6 nitrogen and oxygen atoms in total. The van der Waals surface area contributed by atoms with Crippen LogP contribution < -0.4 is 15.8 Å². The number of nitrogens with one attached hydrogen (secondary N) is 2. The number of rotatable bonds is 3. The highest BCUT2D eigenvalue weighted by Gasteiger charge is 2.36. The molecule has 1 atom stereocenters. The summed E-state index contributed by atoms with van der Waals surface area (Å²) in [5, 5.41) is 1.07. The van der Waals surface area contributed by atoms with E-state index in [2.05, 4.69) is 10.9 Å². The Hall–Kier alpha value is -2.57. The van der Waals surface area contributed by atoms with Gasteiger partial charge in [0.15, 0.2) is 0 Å². The predicted molar refractivity (Wildman–Crippen MR) is 104 cm³/mol. The van der Waals surface area contributed by atoms with Gasteiger partial charge in [0, 0.05) is 34.3 Å². The molecule has 0 aromatic heterocycles. The summed E-state index contributed by atoms with van der Waals surface area (Å²) < 4.78 is 0. The summed E-state index contributed by atoms with van der Waals surface area (Å²) in [5.41, 5.74) is 6.56. The number of hydrogen-bond donors (Lipinski definition) is 2. The van der Waals surface area contributed by atoms with E-state index >= 15 is 0 Å². The first-order chi connectivity index (χ1) is 12.9. The molecular formula is C19H17Cl2N3O3. The molecule has 2 aromatic rings. The first-order valence-corrected chi connectivity index (χ1v) is 9.03. The summed E-state index contributed by atoms with van der Waals surface area (Å²) in [6.45, 7) is 2.05. The molecule has 3 rings (SSSR count). The first kappa shape index (κ1) is 19.2. The molecule has 27 heavy (non-hydrogen) atoms. The molecule has 1 saturated heterocycles. The van der Waals surface area contributed by atoms with Gasteiger partial charge in [-0.25, -0.2) is 0 Å². The monoisotopic (exact) mass is 405 g/mol. The highest BCUT2D eigenvalue weighted by molar-refractivity contribution is 6.32. The van der Waals surface area contributed by atoms with Crippen LogP contribution in [0.1, 0.15) is 22.3 Å². The summed E-state index contributed by atoms with van der Waals surface area (Å²) in [4.78, 5) is 38.3. The average molecular weight is 406 g/mol. The molecule has 0 aliphatic carbocycles. The Morgan fingerprint density at radius 2 is 1.78 bits per heavy atom. The molecule has 3 amide bonds. The Labute approximate surface area is 166 Å². The van der Waals surface area contributed by atoms with Crippen LogP contribution in [0.15, 0.2) is 42.5 Å². The maximum absolute atomic E-state index is 12.4. The number of hydrogen-bond acceptors (Lipinski definition) is 3. The molecule has 0 saturated carbocycles. The number of nitrogens with zero attached hydrogens (tertiary/aromatic N) is 1. The van der Waals surface area contributed by atoms with Crippen LogP contribution in [0.25, 0.3) is 0 Å². The van der Waals surface area contributed by atoms with E-state index in [1.165, 1.54) is 0 Å². The van der Waals surface area contributed by atoms with Gasteiger partial charge in [-0.1, -0.05) is 29.3 Å². The van der Waals surface area contributed by atoms with Crippen molar-refractivity contribution in [3.63, 3.8) is 0 Å². The Balaban J connectivity index is 1.61. The van der Waals surface area contributed by atoms with Crippen LogP contribution in [-0.4, -0.2) is 24.3 Å². The number of carbonyl (C=O) groups is 3. The molecule has 0 bridgehead atoms. The molecular weight excluding hydrogens is 389 g/mol. The van der Waals surface area contributed by atoms with Crippen LogP contribution >= 0.6 is 23.2 Å². The summed E-state index contributed by atoms with van der Waals surface area (Å²) in [5.74, 6) is -1.62. The van der Waals surface area contributed by atoms with Crippen molar-refractivity contribution in [1.29, 1.82) is 0 Å². The zero-order valence-electron chi connectivity index (χ0n) is 14.5. The molecule has 1 aliphatic rings. The van der Waals surface area contributed by atoms with E-state index in [-0.39, 0.29) is 18.9 Å². The van der Waals surface area contributed by atoms with E-state index in [0.717, 1.165) is 5.56 Å². The van der Waals surface area contributed by atoms with Crippen molar-refractivity contribution < 1.29 is 14.4 Å². The summed E-state index contributed by atoms with van der Waals surface area (Å²) in [7, 11) is 0. The maximum Gasteiger partial charge on any atom is 0.269 e. The lowest BCUT2D eigenvalue weighted by atomic mass is 10.1. The fourth-order valence-electron chi connectivity index (χ4n) is 2.90. The van der Waals surface area contributed by atoms with Gasteiger partial charge >= 0.3 is 0 Å². The fraction of sp³-hybridized carbons (Fsp3) is 0.211. The molecule has 2 N–H and O–H groups in total. The third kappa shape index (κ3) is 4.23. The normalized spacial score (nSPS) is 16.3. The second kappa shape index (κ2) is 7.98. The summed E-state index contributed by atoms with van der Waals surface area (Å²) in [6, 6.07) is 11.6. The quantitative estimate of drug-likeness (QED) is 0.769. The standard InChI is InChI=1S/C19H17Cl2N3O3/c1-11-15(21)3-2-4-16(11)24-10-13(9-17(24)25)19(27)23-22-18(26)12-5-7-14(20)8-6-12/h2-8,13H,9-10H2,1H3,(H,22,26)(H,23,27)/t13-/m0/s1. The number of anilines is 1. The van der Waals surface area contributed by atoms with Gasteiger partial charge in [-0.15, -0.1) is 0 Å². The third-order valence-electron chi connectivity index (χ3n) is 4.43. The molecule has 0 unspecified atom stereocenters. The van der Waals surface area contributed by atoms with Crippen LogP contribution in [0, 0.1) is 12.8 Å². The van der Waals surface area contributed by atoms with Crippen molar-refractivity contribution >= 4 is 46.6 Å². The molecule has 0 radical (unpaired) electrons. The van der Waals surface area contributed by atoms with Crippen LogP contribution in [-0.2, 0) is 9.59 Å². The molecule has 1 fully saturated rings. The van der Waals surface area contributed by atoms with Crippen LogP contribution in [0.3, 0.4) is 0 Å². The highest BCUT2D eigenvalue weighted by atomic mass is 35.5. The zero-order valence-corrected chi connectivity index (χ0v) is 16.0. The molecule has 0 spiro atoms. The summed E-state index contributed by atoms with van der Waals surface area (Å²) >= 11 is 11.9. The number of halogens is 2. The van der Waals surface area contributed by atoms with Crippen LogP contribution in [0.5, 0.6) is 0 Å². The van der Waals surface area contributed by atoms with Gasteiger partial charge in [0.1, 0.15) is 0 Å². The van der Waals surface area contributed by atoms with E-state index < -0.39 is 17.7 Å². The third-order valence-corrected chi connectivity index (χ3v) is 5.09. The van der Waals surface area contributed by atoms with Crippen LogP contribution in [0.2, 0.25) is 10.0 Å².